The number of pyridine rings is 2. The lowest BCUT2D eigenvalue weighted by Gasteiger charge is -2.06. The van der Waals surface area contributed by atoms with E-state index in [1.54, 1.807) is 30.1 Å². The van der Waals surface area contributed by atoms with E-state index in [9.17, 15) is 4.79 Å². The first-order valence-electron chi connectivity index (χ1n) is 5.19. The van der Waals surface area contributed by atoms with E-state index in [0.29, 0.717) is 16.4 Å². The molecule has 0 aliphatic heterocycles. The third-order valence-electron chi connectivity index (χ3n) is 2.20. The molecule has 0 saturated carbocycles. The summed E-state index contributed by atoms with van der Waals surface area (Å²) in [6.07, 6.45) is 1.68. The zero-order chi connectivity index (χ0) is 12.3. The van der Waals surface area contributed by atoms with Gasteiger partial charge in [0, 0.05) is 11.1 Å². The smallest absolute Gasteiger partial charge is 0.258 e. The predicted octanol–water partition coefficient (Wildman–Crippen LogP) is 3.20. The number of thioether (sulfide) groups is 1. The van der Waals surface area contributed by atoms with Gasteiger partial charge in [0.2, 0.25) is 0 Å². The molecule has 0 fully saturated rings. The highest BCUT2D eigenvalue weighted by Crippen LogP contribution is 2.27. The van der Waals surface area contributed by atoms with Crippen LogP contribution in [-0.2, 0) is 0 Å². The van der Waals surface area contributed by atoms with Gasteiger partial charge in [0.05, 0.1) is 11.3 Å². The Morgan fingerprint density at radius 3 is 2.94 bits per heavy atom. The van der Waals surface area contributed by atoms with E-state index < -0.39 is 0 Å². The van der Waals surface area contributed by atoms with Crippen LogP contribution in [0.15, 0.2) is 40.2 Å². The molecule has 0 aliphatic carbocycles. The van der Waals surface area contributed by atoms with Crippen LogP contribution in [0.3, 0.4) is 0 Å². The van der Waals surface area contributed by atoms with Gasteiger partial charge in [0.1, 0.15) is 5.15 Å². The highest BCUT2D eigenvalue weighted by molar-refractivity contribution is 7.99. The molecule has 0 saturated heterocycles. The second-order valence-corrected chi connectivity index (χ2v) is 5.05. The normalized spacial score (nSPS) is 10.5. The Labute approximate surface area is 108 Å². The van der Waals surface area contributed by atoms with E-state index in [1.807, 2.05) is 12.1 Å². The summed E-state index contributed by atoms with van der Waals surface area (Å²) in [6, 6.07) is 7.19. The monoisotopic (exact) mass is 266 g/mol. The largest absolute Gasteiger partial charge is 0.312 e. The summed E-state index contributed by atoms with van der Waals surface area (Å²) in [5.74, 6) is 0.935. The minimum Gasteiger partial charge on any atom is -0.312 e. The molecular formula is C12H11ClN2OS. The van der Waals surface area contributed by atoms with Crippen molar-refractivity contribution < 1.29 is 0 Å². The topological polar surface area (TPSA) is 45.8 Å². The number of nitrogens with one attached hydrogen (secondary N) is 1. The number of hydrogen-bond donors (Lipinski definition) is 1. The molecule has 0 aliphatic rings. The maximum atomic E-state index is 11.8. The Bertz CT molecular complexity index is 583. The summed E-state index contributed by atoms with van der Waals surface area (Å²) >= 11 is 7.39. The van der Waals surface area contributed by atoms with E-state index >= 15 is 0 Å². The van der Waals surface area contributed by atoms with Gasteiger partial charge in [0.15, 0.2) is 0 Å². The van der Waals surface area contributed by atoms with Gasteiger partial charge < -0.3 is 4.98 Å². The fourth-order valence-corrected chi connectivity index (χ4v) is 2.43. The van der Waals surface area contributed by atoms with Gasteiger partial charge in [0.25, 0.3) is 5.56 Å². The number of rotatable bonds is 3. The number of nitrogens with zero attached hydrogens (tertiary/aromatic N) is 1. The molecule has 88 valence electrons. The number of hydrogen-bond acceptors (Lipinski definition) is 3. The summed E-state index contributed by atoms with van der Waals surface area (Å²) < 4.78 is 0. The lowest BCUT2D eigenvalue weighted by molar-refractivity contribution is 1.18. The Morgan fingerprint density at radius 1 is 1.41 bits per heavy atom. The first kappa shape index (κ1) is 12.2. The molecule has 2 rings (SSSR count). The Morgan fingerprint density at radius 2 is 2.24 bits per heavy atom. The Hall–Kier alpha value is -1.26. The summed E-state index contributed by atoms with van der Waals surface area (Å²) in [5.41, 5.74) is 1.04. The molecule has 0 spiro atoms. The van der Waals surface area contributed by atoms with Crippen LogP contribution in [0.2, 0.25) is 5.15 Å². The van der Waals surface area contributed by atoms with Gasteiger partial charge in [-0.1, -0.05) is 18.5 Å². The number of H-pyrrole nitrogens is 1. The molecule has 0 atom stereocenters. The van der Waals surface area contributed by atoms with Crippen molar-refractivity contribution in [3.8, 4) is 11.3 Å². The van der Waals surface area contributed by atoms with Crippen LogP contribution in [0.25, 0.3) is 11.3 Å². The first-order valence-corrected chi connectivity index (χ1v) is 6.55. The van der Waals surface area contributed by atoms with Crippen LogP contribution >= 0.6 is 23.4 Å². The number of aromatic nitrogens is 2. The maximum Gasteiger partial charge on any atom is 0.258 e. The molecule has 2 aromatic heterocycles. The minimum atomic E-state index is -0.214. The van der Waals surface area contributed by atoms with Crippen LogP contribution in [0.5, 0.6) is 0 Å². The van der Waals surface area contributed by atoms with Crippen molar-refractivity contribution in [2.45, 2.75) is 11.8 Å². The van der Waals surface area contributed by atoms with Crippen LogP contribution in [0.1, 0.15) is 6.92 Å². The van der Waals surface area contributed by atoms with Gasteiger partial charge >= 0.3 is 0 Å². The van der Waals surface area contributed by atoms with Crippen LogP contribution in [0, 0.1) is 0 Å². The van der Waals surface area contributed by atoms with E-state index in [4.69, 9.17) is 11.6 Å². The molecule has 0 aromatic carbocycles. The van der Waals surface area contributed by atoms with Gasteiger partial charge in [-0.15, -0.1) is 11.8 Å². The molecule has 17 heavy (non-hydrogen) atoms. The average molecular weight is 267 g/mol. The summed E-state index contributed by atoms with van der Waals surface area (Å²) in [6.45, 7) is 2.06. The zero-order valence-electron chi connectivity index (χ0n) is 9.24. The van der Waals surface area contributed by atoms with Crippen molar-refractivity contribution in [3.05, 3.63) is 46.0 Å². The molecule has 0 amide bonds. The molecule has 2 aromatic rings. The predicted molar refractivity (Wildman–Crippen MR) is 71.7 cm³/mol. The van der Waals surface area contributed by atoms with Gasteiger partial charge in [-0.3, -0.25) is 9.78 Å². The second-order valence-electron chi connectivity index (χ2n) is 3.33. The molecule has 5 heteroatoms. The van der Waals surface area contributed by atoms with Gasteiger partial charge in [-0.2, -0.15) is 0 Å². The molecular weight excluding hydrogens is 256 g/mol. The maximum absolute atomic E-state index is 11.8. The van der Waals surface area contributed by atoms with E-state index in [0.717, 1.165) is 10.6 Å². The van der Waals surface area contributed by atoms with Crippen molar-refractivity contribution >= 4 is 23.4 Å². The summed E-state index contributed by atoms with van der Waals surface area (Å²) in [4.78, 5) is 19.7. The van der Waals surface area contributed by atoms with Crippen molar-refractivity contribution in [2.75, 3.05) is 5.75 Å². The molecule has 0 bridgehead atoms. The van der Waals surface area contributed by atoms with Gasteiger partial charge in [-0.05, 0) is 30.0 Å². The fraction of sp³-hybridized carbons (Fsp3) is 0.167. The molecule has 2 heterocycles. The van der Waals surface area contributed by atoms with Crippen molar-refractivity contribution in [1.82, 2.24) is 9.97 Å². The average Bonchev–Trinajstić information content (AvgIpc) is 2.31. The van der Waals surface area contributed by atoms with E-state index in [1.165, 1.54) is 0 Å². The number of aromatic amines is 1. The quantitative estimate of drug-likeness (QED) is 0.685. The minimum absolute atomic E-state index is 0.214. The third kappa shape index (κ3) is 2.70. The van der Waals surface area contributed by atoms with Gasteiger partial charge in [-0.25, -0.2) is 0 Å². The van der Waals surface area contributed by atoms with E-state index in [2.05, 4.69) is 16.9 Å². The second kappa shape index (κ2) is 5.38. The third-order valence-corrected chi connectivity index (χ3v) is 3.35. The molecule has 1 N–H and O–H groups in total. The number of halogens is 1. The molecule has 0 radical (unpaired) electrons. The highest BCUT2D eigenvalue weighted by atomic mass is 35.5. The lowest BCUT2D eigenvalue weighted by atomic mass is 10.2. The van der Waals surface area contributed by atoms with Crippen LogP contribution < -0.4 is 5.56 Å². The lowest BCUT2D eigenvalue weighted by Crippen LogP contribution is -2.09. The molecule has 0 unspecified atom stereocenters. The van der Waals surface area contributed by atoms with Crippen LogP contribution in [0.4, 0.5) is 0 Å². The Balaban J connectivity index is 2.56. The van der Waals surface area contributed by atoms with Crippen LogP contribution in [-0.4, -0.2) is 15.7 Å². The summed E-state index contributed by atoms with van der Waals surface area (Å²) in [7, 11) is 0. The molecule has 3 nitrogen and oxygen atoms in total. The van der Waals surface area contributed by atoms with Crippen molar-refractivity contribution in [1.29, 1.82) is 0 Å². The standard InChI is InChI=1S/C12H11ClN2OS/c1-2-17-9-4-3-7-14-11(9)8-5-6-10(13)15-12(8)16/h3-7H,2H2,1H3,(H,15,16). The Kier molecular flexibility index (Phi) is 3.86. The zero-order valence-corrected chi connectivity index (χ0v) is 10.8. The van der Waals surface area contributed by atoms with Crippen molar-refractivity contribution in [3.63, 3.8) is 0 Å². The first-order chi connectivity index (χ1) is 8.22. The highest BCUT2D eigenvalue weighted by Gasteiger charge is 2.10. The van der Waals surface area contributed by atoms with E-state index in [-0.39, 0.29) is 5.56 Å². The fourth-order valence-electron chi connectivity index (χ4n) is 1.50. The van der Waals surface area contributed by atoms with Crippen molar-refractivity contribution in [2.24, 2.45) is 0 Å². The SMILES string of the molecule is CCSc1cccnc1-c1ccc(Cl)[nH]c1=O. The summed E-state index contributed by atoms with van der Waals surface area (Å²) in [5, 5.41) is 0.333.